The van der Waals surface area contributed by atoms with E-state index in [0.29, 0.717) is 18.2 Å². The van der Waals surface area contributed by atoms with E-state index in [0.717, 1.165) is 23.5 Å². The Bertz CT molecular complexity index is 900. The van der Waals surface area contributed by atoms with E-state index in [-0.39, 0.29) is 5.91 Å². The van der Waals surface area contributed by atoms with Crippen molar-refractivity contribution < 1.29 is 4.79 Å². The molecule has 0 saturated heterocycles. The zero-order valence-electron chi connectivity index (χ0n) is 17.0. The third-order valence-electron chi connectivity index (χ3n) is 4.83. The highest BCUT2D eigenvalue weighted by Crippen LogP contribution is 2.19. The second-order valence-corrected chi connectivity index (χ2v) is 7.22. The van der Waals surface area contributed by atoms with Crippen molar-refractivity contribution in [1.82, 2.24) is 14.7 Å². The molecule has 1 heterocycles. The Morgan fingerprint density at radius 3 is 2.36 bits per heavy atom. The van der Waals surface area contributed by atoms with Crippen LogP contribution in [-0.2, 0) is 6.54 Å². The number of aromatic nitrogens is 2. The second-order valence-electron chi connectivity index (χ2n) is 7.22. The molecule has 0 bridgehead atoms. The standard InChI is InChI=1S/C23H28N4O/c1-5-26(18(2)3)21-13-11-20(12-14-21)23(28)25(4)16-19-15-24-27(17-19)22-9-7-6-8-10-22/h6-15,17-18H,5,16H2,1-4H3. The first-order chi connectivity index (χ1) is 13.5. The highest BCUT2D eigenvalue weighted by atomic mass is 16.2. The average molecular weight is 377 g/mol. The normalized spacial score (nSPS) is 10.9. The number of rotatable bonds is 7. The third-order valence-corrected chi connectivity index (χ3v) is 4.83. The van der Waals surface area contributed by atoms with Gasteiger partial charge in [0.05, 0.1) is 11.9 Å². The smallest absolute Gasteiger partial charge is 0.253 e. The molecule has 3 aromatic rings. The van der Waals surface area contributed by atoms with Crippen LogP contribution in [0, 0.1) is 0 Å². The Kier molecular flexibility index (Phi) is 6.14. The topological polar surface area (TPSA) is 41.4 Å². The van der Waals surface area contributed by atoms with Crippen molar-refractivity contribution in [2.45, 2.75) is 33.4 Å². The summed E-state index contributed by atoms with van der Waals surface area (Å²) in [5, 5.41) is 4.40. The van der Waals surface area contributed by atoms with Crippen LogP contribution in [0.4, 0.5) is 5.69 Å². The summed E-state index contributed by atoms with van der Waals surface area (Å²) in [6.07, 6.45) is 3.77. The lowest BCUT2D eigenvalue weighted by molar-refractivity contribution is 0.0785. The van der Waals surface area contributed by atoms with Crippen molar-refractivity contribution in [3.63, 3.8) is 0 Å². The summed E-state index contributed by atoms with van der Waals surface area (Å²) in [4.78, 5) is 16.8. The van der Waals surface area contributed by atoms with Crippen molar-refractivity contribution in [2.75, 3.05) is 18.5 Å². The molecule has 0 fully saturated rings. The Morgan fingerprint density at radius 2 is 1.75 bits per heavy atom. The van der Waals surface area contributed by atoms with E-state index in [9.17, 15) is 4.79 Å². The SMILES string of the molecule is CCN(c1ccc(C(=O)N(C)Cc2cnn(-c3ccccc3)c2)cc1)C(C)C. The van der Waals surface area contributed by atoms with Crippen molar-refractivity contribution in [2.24, 2.45) is 0 Å². The monoisotopic (exact) mass is 376 g/mol. The summed E-state index contributed by atoms with van der Waals surface area (Å²) in [5.74, 6) is 0.00612. The Balaban J connectivity index is 1.67. The van der Waals surface area contributed by atoms with E-state index in [1.807, 2.05) is 78.7 Å². The zero-order chi connectivity index (χ0) is 20.1. The number of para-hydroxylation sites is 1. The molecule has 0 aliphatic heterocycles. The highest BCUT2D eigenvalue weighted by molar-refractivity contribution is 5.94. The van der Waals surface area contributed by atoms with E-state index in [2.05, 4.69) is 30.8 Å². The molecular formula is C23H28N4O. The first-order valence-corrected chi connectivity index (χ1v) is 9.70. The lowest BCUT2D eigenvalue weighted by atomic mass is 10.1. The molecule has 5 nitrogen and oxygen atoms in total. The summed E-state index contributed by atoms with van der Waals surface area (Å²) in [5.41, 5.74) is 3.83. The lowest BCUT2D eigenvalue weighted by Gasteiger charge is -2.27. The highest BCUT2D eigenvalue weighted by Gasteiger charge is 2.14. The van der Waals surface area contributed by atoms with Crippen LogP contribution in [0.1, 0.15) is 36.7 Å². The molecule has 5 heteroatoms. The van der Waals surface area contributed by atoms with Gasteiger partial charge in [0, 0.05) is 49.2 Å². The van der Waals surface area contributed by atoms with Crippen LogP contribution in [0.2, 0.25) is 0 Å². The molecule has 0 aliphatic rings. The van der Waals surface area contributed by atoms with E-state index < -0.39 is 0 Å². The number of hydrogen-bond acceptors (Lipinski definition) is 3. The summed E-state index contributed by atoms with van der Waals surface area (Å²) in [7, 11) is 1.82. The predicted octanol–water partition coefficient (Wildman–Crippen LogP) is 4.38. The summed E-state index contributed by atoms with van der Waals surface area (Å²) < 4.78 is 1.83. The molecule has 3 rings (SSSR count). The molecule has 0 aliphatic carbocycles. The number of carbonyl (C=O) groups excluding carboxylic acids is 1. The van der Waals surface area contributed by atoms with Gasteiger partial charge in [-0.25, -0.2) is 4.68 Å². The molecule has 146 valence electrons. The van der Waals surface area contributed by atoms with E-state index in [4.69, 9.17) is 0 Å². The Labute approximate surface area is 167 Å². The molecular weight excluding hydrogens is 348 g/mol. The molecule has 0 atom stereocenters. The summed E-state index contributed by atoms with van der Waals surface area (Å²) >= 11 is 0. The van der Waals surface area contributed by atoms with Gasteiger partial charge in [-0.15, -0.1) is 0 Å². The van der Waals surface area contributed by atoms with Gasteiger partial charge in [0.25, 0.3) is 5.91 Å². The predicted molar refractivity (Wildman–Crippen MR) is 114 cm³/mol. The van der Waals surface area contributed by atoms with Gasteiger partial charge < -0.3 is 9.80 Å². The molecule has 0 spiro atoms. The molecule has 0 saturated carbocycles. The number of anilines is 1. The summed E-state index contributed by atoms with van der Waals surface area (Å²) in [6.45, 7) is 7.94. The minimum Gasteiger partial charge on any atom is -0.369 e. The van der Waals surface area contributed by atoms with Crippen molar-refractivity contribution in [3.8, 4) is 5.69 Å². The minimum atomic E-state index is 0.00612. The summed E-state index contributed by atoms with van der Waals surface area (Å²) in [6, 6.07) is 18.2. The van der Waals surface area contributed by atoms with Gasteiger partial charge in [-0.05, 0) is 57.2 Å². The quantitative estimate of drug-likeness (QED) is 0.614. The third kappa shape index (κ3) is 4.42. The zero-order valence-corrected chi connectivity index (χ0v) is 17.0. The molecule has 28 heavy (non-hydrogen) atoms. The first kappa shape index (κ1) is 19.7. The molecule has 1 amide bonds. The maximum atomic E-state index is 12.8. The molecule has 0 unspecified atom stereocenters. The second kappa shape index (κ2) is 8.74. The van der Waals surface area contributed by atoms with Gasteiger partial charge in [0.1, 0.15) is 0 Å². The van der Waals surface area contributed by atoms with Crippen molar-refractivity contribution in [3.05, 3.63) is 78.1 Å². The number of hydrogen-bond donors (Lipinski definition) is 0. The van der Waals surface area contributed by atoms with Crippen LogP contribution in [0.3, 0.4) is 0 Å². The van der Waals surface area contributed by atoms with Crippen molar-refractivity contribution >= 4 is 11.6 Å². The molecule has 0 radical (unpaired) electrons. The Hall–Kier alpha value is -3.08. The van der Waals surface area contributed by atoms with Crippen LogP contribution in [0.25, 0.3) is 5.69 Å². The number of nitrogens with zero attached hydrogens (tertiary/aromatic N) is 4. The number of carbonyl (C=O) groups is 1. The van der Waals surface area contributed by atoms with Gasteiger partial charge in [0.15, 0.2) is 0 Å². The van der Waals surface area contributed by atoms with Crippen LogP contribution < -0.4 is 4.90 Å². The molecule has 0 N–H and O–H groups in total. The van der Waals surface area contributed by atoms with Gasteiger partial charge in [-0.2, -0.15) is 5.10 Å². The van der Waals surface area contributed by atoms with Gasteiger partial charge in [0.2, 0.25) is 0 Å². The lowest BCUT2D eigenvalue weighted by Crippen LogP contribution is -2.30. The fraction of sp³-hybridized carbons (Fsp3) is 0.304. The van der Waals surface area contributed by atoms with E-state index >= 15 is 0 Å². The van der Waals surface area contributed by atoms with Crippen LogP contribution in [-0.4, -0.2) is 40.2 Å². The maximum absolute atomic E-state index is 12.8. The average Bonchev–Trinajstić information content (AvgIpc) is 3.17. The van der Waals surface area contributed by atoms with Crippen molar-refractivity contribution in [1.29, 1.82) is 0 Å². The van der Waals surface area contributed by atoms with Gasteiger partial charge >= 0.3 is 0 Å². The first-order valence-electron chi connectivity index (χ1n) is 9.70. The van der Waals surface area contributed by atoms with Crippen LogP contribution in [0.5, 0.6) is 0 Å². The number of benzene rings is 2. The molecule has 2 aromatic carbocycles. The van der Waals surface area contributed by atoms with E-state index in [1.54, 1.807) is 4.90 Å². The Morgan fingerprint density at radius 1 is 1.07 bits per heavy atom. The van der Waals surface area contributed by atoms with Gasteiger partial charge in [-0.1, -0.05) is 18.2 Å². The van der Waals surface area contributed by atoms with Crippen LogP contribution in [0.15, 0.2) is 67.0 Å². The fourth-order valence-electron chi connectivity index (χ4n) is 3.37. The van der Waals surface area contributed by atoms with E-state index in [1.165, 1.54) is 0 Å². The van der Waals surface area contributed by atoms with Crippen LogP contribution >= 0.6 is 0 Å². The maximum Gasteiger partial charge on any atom is 0.253 e. The molecule has 1 aromatic heterocycles. The largest absolute Gasteiger partial charge is 0.369 e. The number of amides is 1. The minimum absolute atomic E-state index is 0.00612. The van der Waals surface area contributed by atoms with Gasteiger partial charge in [-0.3, -0.25) is 4.79 Å². The fourth-order valence-corrected chi connectivity index (χ4v) is 3.37.